The number of hydrogen-bond donors (Lipinski definition) is 0. The third-order valence-corrected chi connectivity index (χ3v) is 9.76. The lowest BCUT2D eigenvalue weighted by molar-refractivity contribution is 0.0275. The summed E-state index contributed by atoms with van der Waals surface area (Å²) in [6.07, 6.45) is 0. The van der Waals surface area contributed by atoms with E-state index < -0.39 is 0 Å². The van der Waals surface area contributed by atoms with Gasteiger partial charge in [-0.25, -0.2) is 0 Å². The fraction of sp³-hybridized carbons (Fsp3) is 0.308. The summed E-state index contributed by atoms with van der Waals surface area (Å²) in [5, 5.41) is 2.83. The second-order valence-electron chi connectivity index (χ2n) is 9.10. The molecule has 176 valence electrons. The number of hydrogen-bond acceptors (Lipinski definition) is 4. The molecule has 8 heteroatoms. The number of benzene rings is 2. The van der Waals surface area contributed by atoms with E-state index in [0.29, 0.717) is 32.9 Å². The molecule has 1 saturated heterocycles. The normalized spacial score (nSPS) is 18.8. The van der Waals surface area contributed by atoms with Gasteiger partial charge in [-0.3, -0.25) is 9.59 Å². The quantitative estimate of drug-likeness (QED) is 0.270. The first-order valence-electron chi connectivity index (χ1n) is 11.1. The molecule has 3 heterocycles. The standard InChI is InChI=1S/C26H24Cl2N2O2S2/c1-13-5-7-17-19(9-13)33-23(21(17)27)25(31)29-11-16(4)30(12-15(29)3)26(32)24-22(28)18-8-6-14(2)10-20(18)34-24/h5-10,15-16H,11-12H2,1-4H3. The number of aryl methyl sites for hydroxylation is 2. The lowest BCUT2D eigenvalue weighted by Gasteiger charge is -2.44. The van der Waals surface area contributed by atoms with Gasteiger partial charge in [-0.05, 0) is 51.0 Å². The van der Waals surface area contributed by atoms with Crippen LogP contribution in [0.5, 0.6) is 0 Å². The van der Waals surface area contributed by atoms with Crippen molar-refractivity contribution in [2.75, 3.05) is 13.1 Å². The molecule has 5 rings (SSSR count). The zero-order chi connectivity index (χ0) is 24.3. The first kappa shape index (κ1) is 23.6. The van der Waals surface area contributed by atoms with E-state index >= 15 is 0 Å². The number of rotatable bonds is 2. The molecule has 0 radical (unpaired) electrons. The van der Waals surface area contributed by atoms with Gasteiger partial charge in [0.1, 0.15) is 9.75 Å². The molecule has 0 spiro atoms. The third kappa shape index (κ3) is 3.91. The molecule has 4 nitrogen and oxygen atoms in total. The van der Waals surface area contributed by atoms with Crippen LogP contribution in [0, 0.1) is 13.8 Å². The summed E-state index contributed by atoms with van der Waals surface area (Å²) >= 11 is 16.1. The Hall–Kier alpha value is -2.12. The van der Waals surface area contributed by atoms with Crippen LogP contribution in [0.4, 0.5) is 0 Å². The maximum absolute atomic E-state index is 13.5. The largest absolute Gasteiger partial charge is 0.331 e. The minimum atomic E-state index is -0.147. The van der Waals surface area contributed by atoms with Crippen molar-refractivity contribution in [3.63, 3.8) is 0 Å². The van der Waals surface area contributed by atoms with Gasteiger partial charge in [-0.2, -0.15) is 0 Å². The molecule has 2 aromatic carbocycles. The Morgan fingerprint density at radius 3 is 1.53 bits per heavy atom. The fourth-order valence-electron chi connectivity index (χ4n) is 4.57. The molecule has 2 amide bonds. The molecule has 4 aromatic rings. The van der Waals surface area contributed by atoms with Gasteiger partial charge in [0, 0.05) is 45.3 Å². The number of fused-ring (bicyclic) bond motifs is 2. The van der Waals surface area contributed by atoms with Gasteiger partial charge >= 0.3 is 0 Å². The summed E-state index contributed by atoms with van der Waals surface area (Å²) in [4.78, 5) is 31.8. The molecule has 1 fully saturated rings. The Bertz CT molecular complexity index is 1350. The molecule has 2 atom stereocenters. The Morgan fingerprint density at radius 1 is 0.765 bits per heavy atom. The van der Waals surface area contributed by atoms with E-state index in [2.05, 4.69) is 12.1 Å². The van der Waals surface area contributed by atoms with Crippen molar-refractivity contribution in [2.24, 2.45) is 0 Å². The summed E-state index contributed by atoms with van der Waals surface area (Å²) < 4.78 is 2.02. The van der Waals surface area contributed by atoms with Gasteiger partial charge in [0.2, 0.25) is 0 Å². The van der Waals surface area contributed by atoms with Crippen LogP contribution in [-0.4, -0.2) is 46.8 Å². The number of thiophene rings is 2. The van der Waals surface area contributed by atoms with Crippen LogP contribution in [0.25, 0.3) is 20.2 Å². The van der Waals surface area contributed by atoms with Crippen molar-refractivity contribution in [3.8, 4) is 0 Å². The minimum Gasteiger partial charge on any atom is -0.331 e. The minimum absolute atomic E-state index is 0.0781. The van der Waals surface area contributed by atoms with E-state index in [9.17, 15) is 9.59 Å². The monoisotopic (exact) mass is 530 g/mol. The van der Waals surface area contributed by atoms with E-state index in [0.717, 1.165) is 31.3 Å². The molecule has 0 aliphatic carbocycles. The highest BCUT2D eigenvalue weighted by atomic mass is 35.5. The van der Waals surface area contributed by atoms with Crippen molar-refractivity contribution in [1.82, 2.24) is 9.80 Å². The van der Waals surface area contributed by atoms with Crippen molar-refractivity contribution in [1.29, 1.82) is 0 Å². The molecule has 2 unspecified atom stereocenters. The number of carbonyl (C=O) groups is 2. The second-order valence-corrected chi connectivity index (χ2v) is 12.0. The number of piperazine rings is 1. The summed E-state index contributed by atoms with van der Waals surface area (Å²) in [6.45, 7) is 8.89. The Labute approximate surface area is 216 Å². The van der Waals surface area contributed by atoms with Crippen LogP contribution in [-0.2, 0) is 0 Å². The van der Waals surface area contributed by atoms with Crippen molar-refractivity contribution < 1.29 is 9.59 Å². The molecule has 0 saturated carbocycles. The van der Waals surface area contributed by atoms with Gasteiger partial charge in [-0.15, -0.1) is 22.7 Å². The summed E-state index contributed by atoms with van der Waals surface area (Å²) in [7, 11) is 0. The van der Waals surface area contributed by atoms with Gasteiger partial charge < -0.3 is 9.80 Å². The number of nitrogens with zero attached hydrogens (tertiary/aromatic N) is 2. The van der Waals surface area contributed by atoms with Crippen LogP contribution in [0.3, 0.4) is 0 Å². The predicted molar refractivity (Wildman–Crippen MR) is 144 cm³/mol. The molecular formula is C26H24Cl2N2O2S2. The predicted octanol–water partition coefficient (Wildman–Crippen LogP) is 7.41. The Kier molecular flexibility index (Phi) is 6.13. The first-order valence-corrected chi connectivity index (χ1v) is 13.5. The van der Waals surface area contributed by atoms with E-state index in [1.165, 1.54) is 22.7 Å². The van der Waals surface area contributed by atoms with Crippen molar-refractivity contribution >= 4 is 77.9 Å². The highest BCUT2D eigenvalue weighted by Gasteiger charge is 2.37. The third-order valence-electron chi connectivity index (χ3n) is 6.47. The van der Waals surface area contributed by atoms with Gasteiger partial charge in [0.15, 0.2) is 0 Å². The van der Waals surface area contributed by atoms with Crippen LogP contribution in [0.1, 0.15) is 44.3 Å². The molecule has 2 aromatic heterocycles. The van der Waals surface area contributed by atoms with E-state index in [1.54, 1.807) is 0 Å². The smallest absolute Gasteiger partial charge is 0.265 e. The van der Waals surface area contributed by atoms with E-state index in [1.807, 2.05) is 61.8 Å². The molecule has 0 N–H and O–H groups in total. The number of amides is 2. The number of carbonyl (C=O) groups excluding carboxylic acids is 2. The van der Waals surface area contributed by atoms with E-state index in [-0.39, 0.29) is 23.9 Å². The van der Waals surface area contributed by atoms with Gasteiger partial charge in [-0.1, -0.05) is 47.5 Å². The number of halogens is 2. The Balaban J connectivity index is 1.40. The van der Waals surface area contributed by atoms with Crippen LogP contribution < -0.4 is 0 Å². The summed E-state index contributed by atoms with van der Waals surface area (Å²) in [5.74, 6) is -0.156. The van der Waals surface area contributed by atoms with Gasteiger partial charge in [0.25, 0.3) is 11.8 Å². The zero-order valence-electron chi connectivity index (χ0n) is 19.3. The van der Waals surface area contributed by atoms with Crippen LogP contribution >= 0.6 is 45.9 Å². The molecule has 0 bridgehead atoms. The highest BCUT2D eigenvalue weighted by Crippen LogP contribution is 2.39. The highest BCUT2D eigenvalue weighted by molar-refractivity contribution is 7.22. The Morgan fingerprint density at radius 2 is 1.15 bits per heavy atom. The van der Waals surface area contributed by atoms with Crippen molar-refractivity contribution in [2.45, 2.75) is 39.8 Å². The topological polar surface area (TPSA) is 40.6 Å². The second kappa shape index (κ2) is 8.83. The molecule has 34 heavy (non-hydrogen) atoms. The maximum Gasteiger partial charge on any atom is 0.265 e. The van der Waals surface area contributed by atoms with Crippen LogP contribution in [0.15, 0.2) is 36.4 Å². The first-order chi connectivity index (χ1) is 16.2. The van der Waals surface area contributed by atoms with Crippen LogP contribution in [0.2, 0.25) is 10.0 Å². The fourth-order valence-corrected chi connectivity index (χ4v) is 7.71. The summed E-state index contributed by atoms with van der Waals surface area (Å²) in [5.41, 5.74) is 2.27. The molecular weight excluding hydrogens is 507 g/mol. The van der Waals surface area contributed by atoms with E-state index in [4.69, 9.17) is 23.2 Å². The average molecular weight is 532 g/mol. The average Bonchev–Trinajstić information content (AvgIpc) is 3.30. The SMILES string of the molecule is Cc1ccc2c(Cl)c(C(=O)N3CC(C)N(C(=O)c4sc5cc(C)ccc5c4Cl)CC3C)sc2c1. The molecule has 1 aliphatic heterocycles. The lowest BCUT2D eigenvalue weighted by Crippen LogP contribution is -2.59. The summed E-state index contributed by atoms with van der Waals surface area (Å²) in [6, 6.07) is 11.8. The van der Waals surface area contributed by atoms with Gasteiger partial charge in [0.05, 0.1) is 10.0 Å². The maximum atomic E-state index is 13.5. The van der Waals surface area contributed by atoms with Crippen molar-refractivity contribution in [3.05, 3.63) is 67.3 Å². The lowest BCUT2D eigenvalue weighted by atomic mass is 10.1. The zero-order valence-corrected chi connectivity index (χ0v) is 22.5. The molecule has 1 aliphatic rings.